The maximum atomic E-state index is 11.2. The Morgan fingerprint density at radius 2 is 2.00 bits per heavy atom. The quantitative estimate of drug-likeness (QED) is 0.600. The molecule has 0 aromatic rings. The van der Waals surface area contributed by atoms with Gasteiger partial charge in [-0.05, 0) is 31.6 Å². The molecule has 1 saturated carbocycles. The van der Waals surface area contributed by atoms with Crippen molar-refractivity contribution in [3.05, 3.63) is 0 Å². The van der Waals surface area contributed by atoms with Crippen molar-refractivity contribution in [1.29, 1.82) is 0 Å². The van der Waals surface area contributed by atoms with E-state index < -0.39 is 5.54 Å². The number of esters is 1. The van der Waals surface area contributed by atoms with Gasteiger partial charge >= 0.3 is 5.97 Å². The van der Waals surface area contributed by atoms with Crippen LogP contribution in [0.15, 0.2) is 0 Å². The van der Waals surface area contributed by atoms with Gasteiger partial charge in [-0.2, -0.15) is 0 Å². The van der Waals surface area contributed by atoms with Crippen molar-refractivity contribution in [2.24, 2.45) is 11.7 Å². The lowest BCUT2D eigenvalue weighted by atomic mass is 9.78. The molecular formula is C9H17NO2. The van der Waals surface area contributed by atoms with Crippen molar-refractivity contribution in [3.63, 3.8) is 0 Å². The van der Waals surface area contributed by atoms with Gasteiger partial charge in [-0.15, -0.1) is 0 Å². The van der Waals surface area contributed by atoms with Crippen LogP contribution in [0.5, 0.6) is 0 Å². The van der Waals surface area contributed by atoms with Crippen molar-refractivity contribution < 1.29 is 9.53 Å². The number of methoxy groups -OCH3 is 1. The first-order chi connectivity index (χ1) is 5.58. The molecule has 0 aromatic carbocycles. The molecule has 0 aromatic heterocycles. The first kappa shape index (κ1) is 9.52. The number of nitrogens with two attached hydrogens (primary N) is 1. The Morgan fingerprint density at radius 1 is 1.50 bits per heavy atom. The van der Waals surface area contributed by atoms with Crippen molar-refractivity contribution in [1.82, 2.24) is 0 Å². The van der Waals surface area contributed by atoms with E-state index in [9.17, 15) is 4.79 Å². The third-order valence-electron chi connectivity index (χ3n) is 2.76. The van der Waals surface area contributed by atoms with Gasteiger partial charge in [-0.25, -0.2) is 0 Å². The summed E-state index contributed by atoms with van der Waals surface area (Å²) in [6.45, 7) is 2.19. The van der Waals surface area contributed by atoms with E-state index >= 15 is 0 Å². The van der Waals surface area contributed by atoms with Gasteiger partial charge in [-0.3, -0.25) is 4.79 Å². The van der Waals surface area contributed by atoms with E-state index in [0.29, 0.717) is 5.92 Å². The van der Waals surface area contributed by atoms with Crippen LogP contribution in [0.25, 0.3) is 0 Å². The van der Waals surface area contributed by atoms with E-state index in [2.05, 4.69) is 11.7 Å². The zero-order valence-electron chi connectivity index (χ0n) is 7.80. The average Bonchev–Trinajstić information content (AvgIpc) is 2.09. The van der Waals surface area contributed by atoms with E-state index in [-0.39, 0.29) is 5.97 Å². The van der Waals surface area contributed by atoms with E-state index in [1.807, 2.05) is 0 Å². The Bertz CT molecular complexity index is 171. The molecule has 1 fully saturated rings. The van der Waals surface area contributed by atoms with Gasteiger partial charge in [0.25, 0.3) is 0 Å². The second-order valence-electron chi connectivity index (χ2n) is 3.83. The minimum Gasteiger partial charge on any atom is -0.468 e. The fraction of sp³-hybridized carbons (Fsp3) is 0.889. The summed E-state index contributed by atoms with van der Waals surface area (Å²) < 4.78 is 4.66. The maximum absolute atomic E-state index is 11.2. The molecule has 1 aliphatic rings. The van der Waals surface area contributed by atoms with Crippen LogP contribution < -0.4 is 5.73 Å². The number of carbonyl (C=O) groups excluding carboxylic acids is 1. The molecule has 0 atom stereocenters. The van der Waals surface area contributed by atoms with Crippen LogP contribution >= 0.6 is 0 Å². The second kappa shape index (κ2) is 3.44. The number of carbonyl (C=O) groups is 1. The van der Waals surface area contributed by atoms with Gasteiger partial charge in [0, 0.05) is 0 Å². The molecule has 12 heavy (non-hydrogen) atoms. The lowest BCUT2D eigenvalue weighted by molar-refractivity contribution is -0.148. The highest BCUT2D eigenvalue weighted by Crippen LogP contribution is 2.30. The number of hydrogen-bond acceptors (Lipinski definition) is 3. The molecule has 1 aliphatic carbocycles. The van der Waals surface area contributed by atoms with Crippen LogP contribution in [0.1, 0.15) is 32.6 Å². The number of hydrogen-bond donors (Lipinski definition) is 1. The van der Waals surface area contributed by atoms with Crippen LogP contribution in [0.4, 0.5) is 0 Å². The molecule has 0 spiro atoms. The molecule has 0 bridgehead atoms. The lowest BCUT2D eigenvalue weighted by Crippen LogP contribution is -2.50. The molecule has 0 aliphatic heterocycles. The minimum absolute atomic E-state index is 0.255. The van der Waals surface area contributed by atoms with Crippen LogP contribution in [0.2, 0.25) is 0 Å². The molecule has 2 N–H and O–H groups in total. The van der Waals surface area contributed by atoms with Gasteiger partial charge in [0.2, 0.25) is 0 Å². The number of rotatable bonds is 1. The highest BCUT2D eigenvalue weighted by molar-refractivity contribution is 5.80. The van der Waals surface area contributed by atoms with Crippen LogP contribution in [0.3, 0.4) is 0 Å². The predicted molar refractivity (Wildman–Crippen MR) is 46.6 cm³/mol. The van der Waals surface area contributed by atoms with E-state index in [1.165, 1.54) is 7.11 Å². The highest BCUT2D eigenvalue weighted by Gasteiger charge is 2.37. The summed E-state index contributed by atoms with van der Waals surface area (Å²) in [6.07, 6.45) is 3.60. The lowest BCUT2D eigenvalue weighted by Gasteiger charge is -2.33. The monoisotopic (exact) mass is 171 g/mol. The normalized spacial score (nSPS) is 36.1. The van der Waals surface area contributed by atoms with E-state index in [1.54, 1.807) is 0 Å². The highest BCUT2D eigenvalue weighted by atomic mass is 16.5. The predicted octanol–water partition coefficient (Wildman–Crippen LogP) is 1.07. The minimum atomic E-state index is -0.693. The van der Waals surface area contributed by atoms with Gasteiger partial charge in [0.1, 0.15) is 5.54 Å². The zero-order chi connectivity index (χ0) is 9.19. The smallest absolute Gasteiger partial charge is 0.325 e. The Morgan fingerprint density at radius 3 is 2.42 bits per heavy atom. The second-order valence-corrected chi connectivity index (χ2v) is 3.83. The Hall–Kier alpha value is -0.570. The average molecular weight is 171 g/mol. The summed E-state index contributed by atoms with van der Waals surface area (Å²) in [4.78, 5) is 11.2. The first-order valence-electron chi connectivity index (χ1n) is 4.46. The zero-order valence-corrected chi connectivity index (χ0v) is 7.80. The topological polar surface area (TPSA) is 52.3 Å². The Labute approximate surface area is 73.3 Å². The van der Waals surface area contributed by atoms with Crippen molar-refractivity contribution in [2.45, 2.75) is 38.1 Å². The summed E-state index contributed by atoms with van der Waals surface area (Å²) in [5.41, 5.74) is 5.21. The molecule has 0 amide bonds. The van der Waals surface area contributed by atoms with E-state index in [0.717, 1.165) is 25.7 Å². The van der Waals surface area contributed by atoms with Crippen molar-refractivity contribution in [2.75, 3.05) is 7.11 Å². The van der Waals surface area contributed by atoms with E-state index in [4.69, 9.17) is 5.73 Å². The molecule has 0 heterocycles. The molecule has 1 rings (SSSR count). The summed E-state index contributed by atoms with van der Waals surface area (Å²) in [5.74, 6) is 0.445. The molecule has 70 valence electrons. The SMILES string of the molecule is COC(=O)C1(N)CCC(C)CC1. The van der Waals surface area contributed by atoms with Gasteiger partial charge < -0.3 is 10.5 Å². The molecule has 0 unspecified atom stereocenters. The third-order valence-corrected chi connectivity index (χ3v) is 2.76. The van der Waals surface area contributed by atoms with Crippen molar-refractivity contribution in [3.8, 4) is 0 Å². The first-order valence-corrected chi connectivity index (χ1v) is 4.46. The molecule has 3 nitrogen and oxygen atoms in total. The number of ether oxygens (including phenoxy) is 1. The molecule has 0 saturated heterocycles. The summed E-state index contributed by atoms with van der Waals surface area (Å²) in [7, 11) is 1.40. The summed E-state index contributed by atoms with van der Waals surface area (Å²) >= 11 is 0. The standard InChI is InChI=1S/C9H17NO2/c1-7-3-5-9(10,6-4-7)8(11)12-2/h7H,3-6,10H2,1-2H3. The molecular weight excluding hydrogens is 154 g/mol. The van der Waals surface area contributed by atoms with Crippen LogP contribution in [0, 0.1) is 5.92 Å². The summed E-state index contributed by atoms with van der Waals surface area (Å²) in [6, 6.07) is 0. The van der Waals surface area contributed by atoms with Gasteiger partial charge in [0.05, 0.1) is 7.11 Å². The van der Waals surface area contributed by atoms with Gasteiger partial charge in [0.15, 0.2) is 0 Å². The molecule has 3 heteroatoms. The molecule has 0 radical (unpaired) electrons. The Kier molecular flexibility index (Phi) is 2.73. The Balaban J connectivity index is 2.55. The fourth-order valence-electron chi connectivity index (χ4n) is 1.68. The third kappa shape index (κ3) is 1.78. The largest absolute Gasteiger partial charge is 0.468 e. The summed E-state index contributed by atoms with van der Waals surface area (Å²) in [5, 5.41) is 0. The van der Waals surface area contributed by atoms with Gasteiger partial charge in [-0.1, -0.05) is 6.92 Å². The van der Waals surface area contributed by atoms with Crippen molar-refractivity contribution >= 4 is 5.97 Å². The van der Waals surface area contributed by atoms with Crippen LogP contribution in [-0.4, -0.2) is 18.6 Å². The van der Waals surface area contributed by atoms with Crippen LogP contribution in [-0.2, 0) is 9.53 Å². The fourth-order valence-corrected chi connectivity index (χ4v) is 1.68. The maximum Gasteiger partial charge on any atom is 0.325 e.